The molecule has 2 aromatic carbocycles. The Morgan fingerprint density at radius 3 is 2.67 bits per heavy atom. The second-order valence-electron chi connectivity index (χ2n) is 6.31. The van der Waals surface area contributed by atoms with E-state index in [0.717, 1.165) is 35.0 Å². The minimum Gasteiger partial charge on any atom is -0.497 e. The zero-order chi connectivity index (χ0) is 18.6. The summed E-state index contributed by atoms with van der Waals surface area (Å²) in [5.41, 5.74) is 2.97. The van der Waals surface area contributed by atoms with Crippen molar-refractivity contribution in [2.75, 3.05) is 32.3 Å². The van der Waals surface area contributed by atoms with Crippen molar-refractivity contribution in [2.24, 2.45) is 0 Å². The summed E-state index contributed by atoms with van der Waals surface area (Å²) in [5.74, 6) is 1.66. The van der Waals surface area contributed by atoms with Crippen LogP contribution < -0.4 is 14.4 Å². The summed E-state index contributed by atoms with van der Waals surface area (Å²) in [6.07, 6.45) is 1.70. The molecule has 0 aliphatic carbocycles. The van der Waals surface area contributed by atoms with Gasteiger partial charge in [-0.2, -0.15) is 0 Å². The first kappa shape index (κ1) is 17.4. The van der Waals surface area contributed by atoms with E-state index in [4.69, 9.17) is 14.2 Å². The Hall–Kier alpha value is -3.06. The maximum absolute atomic E-state index is 5.92. The summed E-state index contributed by atoms with van der Waals surface area (Å²) in [7, 11) is 3.33. The second kappa shape index (κ2) is 7.67. The van der Waals surface area contributed by atoms with Crippen LogP contribution in [-0.4, -0.2) is 42.4 Å². The molecule has 0 saturated carbocycles. The van der Waals surface area contributed by atoms with Gasteiger partial charge in [0.2, 0.25) is 0 Å². The number of aromatic nitrogens is 3. The first-order valence-electron chi connectivity index (χ1n) is 8.82. The zero-order valence-electron chi connectivity index (χ0n) is 15.4. The van der Waals surface area contributed by atoms with Gasteiger partial charge in [-0.3, -0.25) is 0 Å². The van der Waals surface area contributed by atoms with Crippen LogP contribution in [0.15, 0.2) is 54.7 Å². The molecule has 7 heteroatoms. The summed E-state index contributed by atoms with van der Waals surface area (Å²) in [5, 5.41) is 8.60. The van der Waals surface area contributed by atoms with Gasteiger partial charge in [0.1, 0.15) is 17.2 Å². The molecule has 27 heavy (non-hydrogen) atoms. The van der Waals surface area contributed by atoms with Crippen LogP contribution in [-0.2, 0) is 11.3 Å². The van der Waals surface area contributed by atoms with Crippen LogP contribution in [0.5, 0.6) is 11.5 Å². The number of hydrogen-bond donors (Lipinski definition) is 0. The number of nitrogens with zero attached hydrogens (tertiary/aromatic N) is 4. The summed E-state index contributed by atoms with van der Waals surface area (Å²) in [6.45, 7) is 2.08. The van der Waals surface area contributed by atoms with Gasteiger partial charge in [-0.25, -0.2) is 4.68 Å². The van der Waals surface area contributed by atoms with E-state index >= 15 is 0 Å². The van der Waals surface area contributed by atoms with Gasteiger partial charge in [0.25, 0.3) is 0 Å². The van der Waals surface area contributed by atoms with Gasteiger partial charge in [-0.1, -0.05) is 17.3 Å². The lowest BCUT2D eigenvalue weighted by Crippen LogP contribution is -2.23. The van der Waals surface area contributed by atoms with Gasteiger partial charge in [0.05, 0.1) is 33.6 Å². The molecule has 0 bridgehead atoms. The molecule has 0 N–H and O–H groups in total. The van der Waals surface area contributed by atoms with Crippen LogP contribution in [0.1, 0.15) is 17.5 Å². The van der Waals surface area contributed by atoms with Crippen LogP contribution in [0.2, 0.25) is 0 Å². The highest BCUT2D eigenvalue weighted by Crippen LogP contribution is 2.32. The van der Waals surface area contributed by atoms with E-state index in [1.807, 2.05) is 59.4 Å². The fraction of sp³-hybridized carbons (Fsp3) is 0.300. The third-order valence-electron chi connectivity index (χ3n) is 4.58. The highest BCUT2D eigenvalue weighted by molar-refractivity contribution is 5.50. The van der Waals surface area contributed by atoms with Gasteiger partial charge >= 0.3 is 0 Å². The molecule has 140 valence electrons. The highest BCUT2D eigenvalue weighted by Gasteiger charge is 2.29. The Bertz CT molecular complexity index is 894. The fourth-order valence-corrected chi connectivity index (χ4v) is 3.21. The first-order chi connectivity index (χ1) is 13.3. The standard InChI is InChI=1S/C20H22N4O3/c1-25-17-8-6-16(7-9-17)24-10-11-27-20(24)19-14-23(22-21-19)13-15-4-3-5-18(12-15)26-2/h3-9,12,14,20H,10-11,13H2,1-2H3/t20-/m1/s1. The van der Waals surface area contributed by atoms with E-state index < -0.39 is 0 Å². The van der Waals surface area contributed by atoms with E-state index in [2.05, 4.69) is 15.2 Å². The molecule has 0 radical (unpaired) electrons. The molecule has 0 amide bonds. The van der Waals surface area contributed by atoms with Crippen molar-refractivity contribution in [1.82, 2.24) is 15.0 Å². The highest BCUT2D eigenvalue weighted by atomic mass is 16.5. The molecular weight excluding hydrogens is 344 g/mol. The lowest BCUT2D eigenvalue weighted by molar-refractivity contribution is 0.110. The number of hydrogen-bond acceptors (Lipinski definition) is 6. The summed E-state index contributed by atoms with van der Waals surface area (Å²) >= 11 is 0. The third kappa shape index (κ3) is 3.73. The Labute approximate surface area is 158 Å². The zero-order valence-corrected chi connectivity index (χ0v) is 15.4. The summed E-state index contributed by atoms with van der Waals surface area (Å²) in [4.78, 5) is 2.18. The van der Waals surface area contributed by atoms with Crippen LogP contribution in [0.25, 0.3) is 0 Å². The Balaban J connectivity index is 1.51. The van der Waals surface area contributed by atoms with Gasteiger partial charge in [-0.05, 0) is 42.0 Å². The summed E-state index contributed by atoms with van der Waals surface area (Å²) in [6, 6.07) is 15.9. The fourth-order valence-electron chi connectivity index (χ4n) is 3.21. The lowest BCUT2D eigenvalue weighted by atomic mass is 10.2. The number of ether oxygens (including phenoxy) is 3. The molecule has 1 aliphatic heterocycles. The first-order valence-corrected chi connectivity index (χ1v) is 8.82. The van der Waals surface area contributed by atoms with Crippen molar-refractivity contribution in [2.45, 2.75) is 12.8 Å². The van der Waals surface area contributed by atoms with E-state index in [1.165, 1.54) is 0 Å². The van der Waals surface area contributed by atoms with E-state index in [-0.39, 0.29) is 6.23 Å². The van der Waals surface area contributed by atoms with Crippen molar-refractivity contribution >= 4 is 5.69 Å². The van der Waals surface area contributed by atoms with E-state index in [9.17, 15) is 0 Å². The molecule has 0 unspecified atom stereocenters. The smallest absolute Gasteiger partial charge is 0.177 e. The monoisotopic (exact) mass is 366 g/mol. The third-order valence-corrected chi connectivity index (χ3v) is 4.58. The van der Waals surface area contributed by atoms with Gasteiger partial charge in [0.15, 0.2) is 6.23 Å². The quantitative estimate of drug-likeness (QED) is 0.669. The molecule has 1 saturated heterocycles. The van der Waals surface area contributed by atoms with Crippen molar-refractivity contribution in [1.29, 1.82) is 0 Å². The molecule has 2 heterocycles. The Morgan fingerprint density at radius 1 is 1.07 bits per heavy atom. The van der Waals surface area contributed by atoms with Crippen LogP contribution in [0.4, 0.5) is 5.69 Å². The predicted molar refractivity (Wildman–Crippen MR) is 101 cm³/mol. The van der Waals surface area contributed by atoms with Crippen LogP contribution in [0.3, 0.4) is 0 Å². The van der Waals surface area contributed by atoms with Crippen LogP contribution in [0, 0.1) is 0 Å². The molecule has 7 nitrogen and oxygen atoms in total. The normalized spacial score (nSPS) is 16.5. The van der Waals surface area contributed by atoms with Crippen molar-refractivity contribution in [3.63, 3.8) is 0 Å². The second-order valence-corrected chi connectivity index (χ2v) is 6.31. The van der Waals surface area contributed by atoms with Crippen LogP contribution >= 0.6 is 0 Å². The van der Waals surface area contributed by atoms with Gasteiger partial charge in [0, 0.05) is 12.2 Å². The van der Waals surface area contributed by atoms with Gasteiger partial charge < -0.3 is 19.1 Å². The van der Waals surface area contributed by atoms with E-state index in [1.54, 1.807) is 14.2 Å². The molecule has 1 atom stereocenters. The molecule has 1 aliphatic rings. The number of benzene rings is 2. The number of rotatable bonds is 6. The predicted octanol–water partition coefficient (Wildman–Crippen LogP) is 2.88. The van der Waals surface area contributed by atoms with Crippen molar-refractivity contribution in [3.05, 3.63) is 66.0 Å². The average Bonchev–Trinajstić information content (AvgIpc) is 3.37. The van der Waals surface area contributed by atoms with E-state index in [0.29, 0.717) is 13.2 Å². The molecule has 0 spiro atoms. The minimum absolute atomic E-state index is 0.238. The number of methoxy groups -OCH3 is 2. The maximum atomic E-state index is 5.92. The lowest BCUT2D eigenvalue weighted by Gasteiger charge is -2.23. The Kier molecular flexibility index (Phi) is 4.93. The minimum atomic E-state index is -0.238. The average molecular weight is 366 g/mol. The number of anilines is 1. The summed E-state index contributed by atoms with van der Waals surface area (Å²) < 4.78 is 18.3. The SMILES string of the molecule is COc1ccc(N2CCO[C@@H]2c2cn(Cc3cccc(OC)c3)nn2)cc1. The molecule has 4 rings (SSSR count). The van der Waals surface area contributed by atoms with Crippen molar-refractivity contribution < 1.29 is 14.2 Å². The van der Waals surface area contributed by atoms with Crippen molar-refractivity contribution in [3.8, 4) is 11.5 Å². The molecule has 3 aromatic rings. The maximum Gasteiger partial charge on any atom is 0.177 e. The Morgan fingerprint density at radius 2 is 1.89 bits per heavy atom. The molecular formula is C20H22N4O3. The largest absolute Gasteiger partial charge is 0.497 e. The topological polar surface area (TPSA) is 61.6 Å². The molecule has 1 fully saturated rings. The molecule has 1 aromatic heterocycles. The van der Waals surface area contributed by atoms with Gasteiger partial charge in [-0.15, -0.1) is 5.10 Å².